The largest absolute Gasteiger partial charge is 0.507 e. The van der Waals surface area contributed by atoms with E-state index >= 15 is 0 Å². The van der Waals surface area contributed by atoms with Crippen molar-refractivity contribution in [2.24, 2.45) is 0 Å². The van der Waals surface area contributed by atoms with Crippen LogP contribution in [0, 0.1) is 6.92 Å². The second kappa shape index (κ2) is 7.97. The number of amides is 1. The molecule has 1 amide bonds. The van der Waals surface area contributed by atoms with Gasteiger partial charge in [0.1, 0.15) is 11.3 Å². The van der Waals surface area contributed by atoms with Crippen LogP contribution in [0.15, 0.2) is 46.9 Å². The van der Waals surface area contributed by atoms with Crippen molar-refractivity contribution >= 4 is 27.8 Å². The van der Waals surface area contributed by atoms with Crippen LogP contribution in [-0.2, 0) is 9.53 Å². The van der Waals surface area contributed by atoms with Crippen LogP contribution in [0.3, 0.4) is 0 Å². The van der Waals surface area contributed by atoms with Crippen molar-refractivity contribution in [1.29, 1.82) is 0 Å². The van der Waals surface area contributed by atoms with E-state index in [-0.39, 0.29) is 17.4 Å². The molecule has 0 bridgehead atoms. The van der Waals surface area contributed by atoms with E-state index in [1.165, 1.54) is 12.1 Å². The highest BCUT2D eigenvalue weighted by Gasteiger charge is 2.15. The Balaban J connectivity index is 1.88. The van der Waals surface area contributed by atoms with Gasteiger partial charge in [0, 0.05) is 4.47 Å². The SMILES string of the molecule is Cc1ccc(C(=O)OCC(=O)N[C@H](C)c2ccc(Br)cc2)c(O)c1. The summed E-state index contributed by atoms with van der Waals surface area (Å²) in [6, 6.07) is 12.0. The number of carbonyl (C=O) groups excluding carboxylic acids is 2. The number of aromatic hydroxyl groups is 1. The fourth-order valence-electron chi connectivity index (χ4n) is 2.14. The summed E-state index contributed by atoms with van der Waals surface area (Å²) < 4.78 is 5.90. The van der Waals surface area contributed by atoms with E-state index < -0.39 is 18.5 Å². The number of phenolic OH excluding ortho intramolecular Hbond substituents is 1. The van der Waals surface area contributed by atoms with Gasteiger partial charge in [0.25, 0.3) is 5.91 Å². The van der Waals surface area contributed by atoms with Gasteiger partial charge in [-0.05, 0) is 49.2 Å². The van der Waals surface area contributed by atoms with Gasteiger partial charge in [-0.3, -0.25) is 4.79 Å². The molecule has 6 heteroatoms. The molecule has 24 heavy (non-hydrogen) atoms. The first kappa shape index (κ1) is 18.0. The Morgan fingerprint density at radius 2 is 1.88 bits per heavy atom. The molecule has 126 valence electrons. The molecule has 2 rings (SSSR count). The summed E-state index contributed by atoms with van der Waals surface area (Å²) >= 11 is 3.35. The molecule has 1 atom stereocenters. The first-order chi connectivity index (χ1) is 11.4. The molecule has 0 unspecified atom stereocenters. The Kier molecular flexibility index (Phi) is 5.98. The summed E-state index contributed by atoms with van der Waals surface area (Å²) in [6.07, 6.45) is 0. The standard InChI is InChI=1S/C18H18BrNO4/c1-11-3-8-15(16(21)9-11)18(23)24-10-17(22)20-12(2)13-4-6-14(19)7-5-13/h3-9,12,21H,10H2,1-2H3,(H,20,22)/t12-/m1/s1. The maximum absolute atomic E-state index is 11.9. The first-order valence-corrected chi connectivity index (χ1v) is 8.17. The van der Waals surface area contributed by atoms with Crippen LogP contribution < -0.4 is 5.32 Å². The second-order valence-corrected chi connectivity index (χ2v) is 6.35. The summed E-state index contributed by atoms with van der Waals surface area (Å²) in [6.45, 7) is 3.23. The van der Waals surface area contributed by atoms with Gasteiger partial charge in [0.2, 0.25) is 0 Å². The van der Waals surface area contributed by atoms with Crippen molar-refractivity contribution < 1.29 is 19.4 Å². The lowest BCUT2D eigenvalue weighted by molar-refractivity contribution is -0.124. The number of rotatable bonds is 5. The van der Waals surface area contributed by atoms with Crippen LogP contribution >= 0.6 is 15.9 Å². The van der Waals surface area contributed by atoms with E-state index in [1.54, 1.807) is 13.0 Å². The van der Waals surface area contributed by atoms with Crippen LogP contribution in [-0.4, -0.2) is 23.6 Å². The van der Waals surface area contributed by atoms with Crippen LogP contribution in [0.2, 0.25) is 0 Å². The predicted octanol–water partition coefficient (Wildman–Crippen LogP) is 3.50. The van der Waals surface area contributed by atoms with Crippen LogP contribution in [0.5, 0.6) is 5.75 Å². The first-order valence-electron chi connectivity index (χ1n) is 7.38. The minimum absolute atomic E-state index is 0.0364. The van der Waals surface area contributed by atoms with Gasteiger partial charge in [-0.1, -0.05) is 34.1 Å². The van der Waals surface area contributed by atoms with E-state index in [9.17, 15) is 14.7 Å². The molecule has 0 spiro atoms. The fourth-order valence-corrected chi connectivity index (χ4v) is 2.41. The molecule has 2 aromatic carbocycles. The second-order valence-electron chi connectivity index (χ2n) is 5.44. The maximum Gasteiger partial charge on any atom is 0.342 e. The van der Waals surface area contributed by atoms with E-state index in [1.807, 2.05) is 31.2 Å². The van der Waals surface area contributed by atoms with Gasteiger partial charge in [-0.2, -0.15) is 0 Å². The zero-order chi connectivity index (χ0) is 17.7. The number of halogens is 1. The maximum atomic E-state index is 11.9. The highest BCUT2D eigenvalue weighted by molar-refractivity contribution is 9.10. The third-order valence-corrected chi connectivity index (χ3v) is 3.98. The quantitative estimate of drug-likeness (QED) is 0.764. The van der Waals surface area contributed by atoms with Crippen molar-refractivity contribution in [1.82, 2.24) is 5.32 Å². The minimum Gasteiger partial charge on any atom is -0.507 e. The number of benzene rings is 2. The Morgan fingerprint density at radius 3 is 2.50 bits per heavy atom. The van der Waals surface area contributed by atoms with E-state index in [2.05, 4.69) is 21.2 Å². The number of ether oxygens (including phenoxy) is 1. The summed E-state index contributed by atoms with van der Waals surface area (Å²) in [5.41, 5.74) is 1.80. The zero-order valence-corrected chi connectivity index (χ0v) is 15.0. The number of nitrogens with one attached hydrogen (secondary N) is 1. The van der Waals surface area contributed by atoms with E-state index in [4.69, 9.17) is 4.74 Å². The third-order valence-electron chi connectivity index (χ3n) is 3.46. The molecule has 5 nitrogen and oxygen atoms in total. The number of esters is 1. The highest BCUT2D eigenvalue weighted by atomic mass is 79.9. The smallest absolute Gasteiger partial charge is 0.342 e. The van der Waals surface area contributed by atoms with Crippen molar-refractivity contribution in [2.75, 3.05) is 6.61 Å². The molecule has 0 fully saturated rings. The molecular formula is C18H18BrNO4. The molecule has 0 aliphatic carbocycles. The van der Waals surface area contributed by atoms with Gasteiger partial charge in [-0.15, -0.1) is 0 Å². The molecule has 0 aromatic heterocycles. The number of phenols is 1. The van der Waals surface area contributed by atoms with Gasteiger partial charge in [-0.25, -0.2) is 4.79 Å². The lowest BCUT2D eigenvalue weighted by Gasteiger charge is -2.14. The number of carbonyl (C=O) groups is 2. The molecule has 0 radical (unpaired) electrons. The third kappa shape index (κ3) is 4.83. The summed E-state index contributed by atoms with van der Waals surface area (Å²) in [5.74, 6) is -1.31. The Bertz CT molecular complexity index is 743. The van der Waals surface area contributed by atoms with Gasteiger partial charge < -0.3 is 15.2 Å². The molecule has 2 N–H and O–H groups in total. The van der Waals surface area contributed by atoms with Gasteiger partial charge in [0.05, 0.1) is 6.04 Å². The number of hydrogen-bond donors (Lipinski definition) is 2. The van der Waals surface area contributed by atoms with Gasteiger partial charge in [0.15, 0.2) is 6.61 Å². The molecule has 0 saturated heterocycles. The number of aryl methyl sites for hydroxylation is 1. The van der Waals surface area contributed by atoms with Crippen molar-refractivity contribution in [3.8, 4) is 5.75 Å². The summed E-state index contributed by atoms with van der Waals surface area (Å²) in [5, 5.41) is 12.5. The topological polar surface area (TPSA) is 75.6 Å². The molecule has 0 aliphatic rings. The zero-order valence-electron chi connectivity index (χ0n) is 13.4. The van der Waals surface area contributed by atoms with Crippen LogP contribution in [0.25, 0.3) is 0 Å². The fraction of sp³-hybridized carbons (Fsp3) is 0.222. The molecule has 0 heterocycles. The molecule has 0 aliphatic heterocycles. The van der Waals surface area contributed by atoms with Crippen molar-refractivity contribution in [3.63, 3.8) is 0 Å². The van der Waals surface area contributed by atoms with Crippen LogP contribution in [0.4, 0.5) is 0 Å². The van der Waals surface area contributed by atoms with Crippen LogP contribution in [0.1, 0.15) is 34.5 Å². The lowest BCUT2D eigenvalue weighted by Crippen LogP contribution is -2.31. The average Bonchev–Trinajstić information content (AvgIpc) is 2.53. The Hall–Kier alpha value is -2.34. The van der Waals surface area contributed by atoms with Crippen molar-refractivity contribution in [3.05, 3.63) is 63.6 Å². The lowest BCUT2D eigenvalue weighted by atomic mass is 10.1. The molecule has 2 aromatic rings. The highest BCUT2D eigenvalue weighted by Crippen LogP contribution is 2.19. The van der Waals surface area contributed by atoms with Gasteiger partial charge >= 0.3 is 5.97 Å². The summed E-state index contributed by atoms with van der Waals surface area (Å²) in [7, 11) is 0. The predicted molar refractivity (Wildman–Crippen MR) is 93.8 cm³/mol. The van der Waals surface area contributed by atoms with Crippen molar-refractivity contribution in [2.45, 2.75) is 19.9 Å². The molecule has 0 saturated carbocycles. The average molecular weight is 392 g/mol. The normalized spacial score (nSPS) is 11.6. The Morgan fingerprint density at radius 1 is 1.21 bits per heavy atom. The minimum atomic E-state index is -0.737. The molecular weight excluding hydrogens is 374 g/mol. The summed E-state index contributed by atoms with van der Waals surface area (Å²) in [4.78, 5) is 23.8. The van der Waals surface area contributed by atoms with E-state index in [0.717, 1.165) is 15.6 Å². The monoisotopic (exact) mass is 391 g/mol. The Labute approximate surface area is 148 Å². The van der Waals surface area contributed by atoms with E-state index in [0.29, 0.717) is 0 Å². The number of hydrogen-bond acceptors (Lipinski definition) is 4.